The molecule has 13 heavy (non-hydrogen) atoms. The van der Waals surface area contributed by atoms with E-state index in [4.69, 9.17) is 4.74 Å². The molecular formula is C11H28OS. The van der Waals surface area contributed by atoms with Crippen LogP contribution in [0.25, 0.3) is 0 Å². The lowest BCUT2D eigenvalue weighted by Gasteiger charge is -1.99. The smallest absolute Gasteiger partial charge is 0.0465 e. The Morgan fingerprint density at radius 2 is 1.38 bits per heavy atom. The summed E-state index contributed by atoms with van der Waals surface area (Å²) in [6, 6.07) is 0. The molecule has 0 aliphatic carbocycles. The predicted molar refractivity (Wildman–Crippen MR) is 67.0 cm³/mol. The Hall–Kier alpha value is 0.310. The van der Waals surface area contributed by atoms with Crippen molar-refractivity contribution in [2.24, 2.45) is 0 Å². The lowest BCUT2D eigenvalue weighted by Crippen LogP contribution is -1.92. The minimum atomic E-state index is 0. The average Bonchev–Trinajstić information content (AvgIpc) is 2.15. The first-order valence-corrected chi connectivity index (χ1v) is 5.49. The Labute approximate surface area is 91.7 Å². The van der Waals surface area contributed by atoms with Gasteiger partial charge in [0, 0.05) is 13.2 Å². The minimum absolute atomic E-state index is 0. The summed E-state index contributed by atoms with van der Waals surface area (Å²) in [7, 11) is 0. The van der Waals surface area contributed by atoms with Crippen LogP contribution < -0.4 is 0 Å². The molecule has 0 atom stereocenters. The van der Waals surface area contributed by atoms with Gasteiger partial charge in [-0.05, 0) is 13.3 Å². The van der Waals surface area contributed by atoms with Gasteiger partial charge in [0.05, 0.1) is 0 Å². The van der Waals surface area contributed by atoms with Crippen LogP contribution >= 0.6 is 13.5 Å². The van der Waals surface area contributed by atoms with Crippen molar-refractivity contribution in [2.45, 2.75) is 59.8 Å². The molecule has 0 heterocycles. The van der Waals surface area contributed by atoms with Gasteiger partial charge in [0.1, 0.15) is 0 Å². The first-order valence-electron chi connectivity index (χ1n) is 5.49. The van der Waals surface area contributed by atoms with E-state index in [1.807, 2.05) is 20.8 Å². The van der Waals surface area contributed by atoms with Crippen LogP contribution in [0.2, 0.25) is 0 Å². The Balaban J connectivity index is -0.000000309. The molecule has 0 rings (SSSR count). The summed E-state index contributed by atoms with van der Waals surface area (Å²) in [5.74, 6) is 0. The van der Waals surface area contributed by atoms with Crippen molar-refractivity contribution >= 4 is 13.5 Å². The highest BCUT2D eigenvalue weighted by Gasteiger charge is 1.87. The van der Waals surface area contributed by atoms with Crippen molar-refractivity contribution in [1.29, 1.82) is 0 Å². The zero-order chi connectivity index (χ0) is 9.66. The molecule has 0 aromatic carbocycles. The molecule has 0 bridgehead atoms. The van der Waals surface area contributed by atoms with Gasteiger partial charge in [0.2, 0.25) is 0 Å². The summed E-state index contributed by atoms with van der Waals surface area (Å²) >= 11 is 0. The van der Waals surface area contributed by atoms with E-state index < -0.39 is 0 Å². The zero-order valence-electron chi connectivity index (χ0n) is 9.86. The molecule has 0 aromatic rings. The molecule has 84 valence electrons. The van der Waals surface area contributed by atoms with Crippen molar-refractivity contribution in [3.63, 3.8) is 0 Å². The number of hydrogen-bond acceptors (Lipinski definition) is 1. The number of rotatable bonds is 7. The van der Waals surface area contributed by atoms with Crippen molar-refractivity contribution in [1.82, 2.24) is 0 Å². The quantitative estimate of drug-likeness (QED) is 0.572. The van der Waals surface area contributed by atoms with Gasteiger partial charge in [-0.3, -0.25) is 0 Å². The molecule has 0 saturated carbocycles. The lowest BCUT2D eigenvalue weighted by molar-refractivity contribution is 0.143. The van der Waals surface area contributed by atoms with E-state index in [1.54, 1.807) is 0 Å². The topological polar surface area (TPSA) is 9.23 Å². The lowest BCUT2D eigenvalue weighted by atomic mass is 10.2. The predicted octanol–water partition coefficient (Wildman–Crippen LogP) is 4.13. The SMILES string of the molecule is CC.CCCCCCCOCC.S. The van der Waals surface area contributed by atoms with Gasteiger partial charge in [-0.15, -0.1) is 0 Å². The molecule has 0 N–H and O–H groups in total. The van der Waals surface area contributed by atoms with Crippen LogP contribution in [0.3, 0.4) is 0 Å². The van der Waals surface area contributed by atoms with E-state index in [0.717, 1.165) is 13.2 Å². The first kappa shape index (κ1) is 19.0. The summed E-state index contributed by atoms with van der Waals surface area (Å²) in [6.45, 7) is 10.1. The molecule has 0 saturated heterocycles. The summed E-state index contributed by atoms with van der Waals surface area (Å²) < 4.78 is 5.21. The zero-order valence-corrected chi connectivity index (χ0v) is 10.9. The Bertz CT molecular complexity index is 50.1. The van der Waals surface area contributed by atoms with Crippen LogP contribution in [0.4, 0.5) is 0 Å². The highest BCUT2D eigenvalue weighted by Crippen LogP contribution is 2.01. The van der Waals surface area contributed by atoms with Crippen LogP contribution in [0.1, 0.15) is 59.8 Å². The molecular weight excluding hydrogens is 180 g/mol. The Morgan fingerprint density at radius 3 is 1.85 bits per heavy atom. The van der Waals surface area contributed by atoms with E-state index in [9.17, 15) is 0 Å². The van der Waals surface area contributed by atoms with E-state index in [2.05, 4.69) is 6.92 Å². The van der Waals surface area contributed by atoms with Gasteiger partial charge < -0.3 is 4.74 Å². The maximum Gasteiger partial charge on any atom is 0.0465 e. The fraction of sp³-hybridized carbons (Fsp3) is 1.00. The summed E-state index contributed by atoms with van der Waals surface area (Å²) in [5.41, 5.74) is 0. The van der Waals surface area contributed by atoms with Crippen molar-refractivity contribution < 1.29 is 4.74 Å². The normalized spacial score (nSPS) is 8.31. The molecule has 0 aromatic heterocycles. The maximum atomic E-state index is 5.21. The third-order valence-electron chi connectivity index (χ3n) is 1.60. The van der Waals surface area contributed by atoms with E-state index in [-0.39, 0.29) is 13.5 Å². The second kappa shape index (κ2) is 22.8. The standard InChI is InChI=1S/C9H20O.C2H6.H2S/c1-3-5-6-7-8-9-10-4-2;1-2;/h3-9H2,1-2H3;1-2H3;1H2. The average molecular weight is 208 g/mol. The Kier molecular flexibility index (Phi) is 33.3. The third-order valence-corrected chi connectivity index (χ3v) is 1.60. The van der Waals surface area contributed by atoms with Crippen LogP contribution in [0.5, 0.6) is 0 Å². The van der Waals surface area contributed by atoms with Gasteiger partial charge in [-0.2, -0.15) is 13.5 Å². The maximum absolute atomic E-state index is 5.21. The molecule has 0 amide bonds. The van der Waals surface area contributed by atoms with Crippen molar-refractivity contribution in [2.75, 3.05) is 13.2 Å². The number of unbranched alkanes of at least 4 members (excludes halogenated alkanes) is 4. The van der Waals surface area contributed by atoms with Crippen LogP contribution in [-0.2, 0) is 4.74 Å². The summed E-state index contributed by atoms with van der Waals surface area (Å²) in [5, 5.41) is 0. The van der Waals surface area contributed by atoms with Gasteiger partial charge in [-0.1, -0.05) is 46.5 Å². The molecule has 0 radical (unpaired) electrons. The highest BCUT2D eigenvalue weighted by molar-refractivity contribution is 7.59. The van der Waals surface area contributed by atoms with E-state index in [0.29, 0.717) is 0 Å². The Morgan fingerprint density at radius 1 is 0.846 bits per heavy atom. The molecule has 2 heteroatoms. The van der Waals surface area contributed by atoms with Gasteiger partial charge in [0.15, 0.2) is 0 Å². The first-order chi connectivity index (χ1) is 5.91. The van der Waals surface area contributed by atoms with Gasteiger partial charge in [0.25, 0.3) is 0 Å². The van der Waals surface area contributed by atoms with Crippen molar-refractivity contribution in [3.05, 3.63) is 0 Å². The third kappa shape index (κ3) is 24.5. The molecule has 0 aliphatic rings. The summed E-state index contributed by atoms with van der Waals surface area (Å²) in [4.78, 5) is 0. The molecule has 1 nitrogen and oxygen atoms in total. The molecule has 0 fully saturated rings. The van der Waals surface area contributed by atoms with Crippen molar-refractivity contribution in [3.8, 4) is 0 Å². The fourth-order valence-electron chi connectivity index (χ4n) is 0.952. The van der Waals surface area contributed by atoms with Gasteiger partial charge in [-0.25, -0.2) is 0 Å². The second-order valence-corrected chi connectivity index (χ2v) is 2.61. The van der Waals surface area contributed by atoms with Crippen LogP contribution in [0.15, 0.2) is 0 Å². The van der Waals surface area contributed by atoms with E-state index >= 15 is 0 Å². The van der Waals surface area contributed by atoms with Gasteiger partial charge >= 0.3 is 0 Å². The minimum Gasteiger partial charge on any atom is -0.382 e. The van der Waals surface area contributed by atoms with E-state index in [1.165, 1.54) is 32.1 Å². The number of hydrogen-bond donors (Lipinski definition) is 0. The molecule has 0 unspecified atom stereocenters. The largest absolute Gasteiger partial charge is 0.382 e. The molecule has 0 spiro atoms. The van der Waals surface area contributed by atoms with Crippen LogP contribution in [-0.4, -0.2) is 13.2 Å². The van der Waals surface area contributed by atoms with Crippen LogP contribution in [0, 0.1) is 0 Å². The number of ether oxygens (including phenoxy) is 1. The summed E-state index contributed by atoms with van der Waals surface area (Å²) in [6.07, 6.45) is 6.67. The fourth-order valence-corrected chi connectivity index (χ4v) is 0.952. The monoisotopic (exact) mass is 208 g/mol. The highest BCUT2D eigenvalue weighted by atomic mass is 32.1. The molecule has 0 aliphatic heterocycles. The second-order valence-electron chi connectivity index (χ2n) is 2.61.